The number of carbonyl (C=O) groups excluding carboxylic acids is 2. The number of ketones is 1. The van der Waals surface area contributed by atoms with E-state index in [0.717, 1.165) is 5.56 Å². The van der Waals surface area contributed by atoms with Crippen molar-refractivity contribution in [1.82, 2.24) is 0 Å². The summed E-state index contributed by atoms with van der Waals surface area (Å²) < 4.78 is 5.49. The molecule has 4 rings (SSSR count). The first-order valence-electron chi connectivity index (χ1n) is 11.0. The molecular formula is C28H27NO5. The Bertz CT molecular complexity index is 1290. The summed E-state index contributed by atoms with van der Waals surface area (Å²) in [4.78, 5) is 27.7. The van der Waals surface area contributed by atoms with Gasteiger partial charge in [-0.2, -0.15) is 0 Å². The number of aliphatic hydroxyl groups excluding tert-OH is 1. The van der Waals surface area contributed by atoms with Gasteiger partial charge in [-0.1, -0.05) is 63.2 Å². The third-order valence-electron chi connectivity index (χ3n) is 5.98. The van der Waals surface area contributed by atoms with Crippen LogP contribution in [0.1, 0.15) is 43.5 Å². The number of Topliss-reactive ketones (excluding diaryl/α,β-unsaturated/α-hetero) is 1. The average molecular weight is 458 g/mol. The van der Waals surface area contributed by atoms with Crippen LogP contribution in [0, 0.1) is 0 Å². The lowest BCUT2D eigenvalue weighted by atomic mass is 9.84. The fourth-order valence-corrected chi connectivity index (χ4v) is 4.30. The minimum Gasteiger partial charge on any atom is -0.507 e. The third kappa shape index (κ3) is 3.92. The molecule has 1 unspecified atom stereocenters. The van der Waals surface area contributed by atoms with Crippen molar-refractivity contribution in [2.75, 3.05) is 12.0 Å². The zero-order valence-electron chi connectivity index (χ0n) is 19.6. The van der Waals surface area contributed by atoms with Gasteiger partial charge in [0, 0.05) is 11.1 Å². The number of rotatable bonds is 4. The quantitative estimate of drug-likeness (QED) is 0.314. The molecule has 0 saturated carbocycles. The number of phenolic OH excluding ortho intramolecular Hbond substituents is 1. The SMILES string of the molecule is COc1ccc(/C(O)=C2/C(=O)C(=O)N(c3ccccc3O)C2c2ccccc2)cc1C(C)(C)C. The summed E-state index contributed by atoms with van der Waals surface area (Å²) in [6.07, 6.45) is 0. The molecule has 1 aliphatic heterocycles. The van der Waals surface area contributed by atoms with Gasteiger partial charge < -0.3 is 14.9 Å². The first kappa shape index (κ1) is 23.1. The van der Waals surface area contributed by atoms with Crippen LogP contribution in [-0.2, 0) is 15.0 Å². The van der Waals surface area contributed by atoms with E-state index < -0.39 is 17.7 Å². The molecule has 1 heterocycles. The number of methoxy groups -OCH3 is 1. The van der Waals surface area contributed by atoms with E-state index in [1.165, 1.54) is 11.0 Å². The minimum atomic E-state index is -0.908. The smallest absolute Gasteiger partial charge is 0.300 e. The van der Waals surface area contributed by atoms with Gasteiger partial charge in [0.25, 0.3) is 11.7 Å². The van der Waals surface area contributed by atoms with Gasteiger partial charge in [-0.05, 0) is 41.3 Å². The van der Waals surface area contributed by atoms with Gasteiger partial charge in [0.05, 0.1) is 24.4 Å². The standard InChI is InChI=1S/C28H27NO5/c1-28(2,3)19-16-18(14-15-22(19)34-4)25(31)23-24(17-10-6-5-7-11-17)29(27(33)26(23)32)20-12-8-9-13-21(20)30/h5-16,24,30-31H,1-4H3/b25-23-. The number of para-hydroxylation sites is 2. The second-order valence-corrected chi connectivity index (χ2v) is 9.23. The lowest BCUT2D eigenvalue weighted by molar-refractivity contribution is -0.132. The van der Waals surface area contributed by atoms with Crippen LogP contribution < -0.4 is 9.64 Å². The van der Waals surface area contributed by atoms with E-state index in [-0.39, 0.29) is 28.2 Å². The summed E-state index contributed by atoms with van der Waals surface area (Å²) in [5.41, 5.74) is 1.76. The Hall–Kier alpha value is -4.06. The normalized spacial score (nSPS) is 17.8. The highest BCUT2D eigenvalue weighted by Gasteiger charge is 2.47. The van der Waals surface area contributed by atoms with E-state index in [2.05, 4.69) is 0 Å². The summed E-state index contributed by atoms with van der Waals surface area (Å²) in [5, 5.41) is 21.9. The van der Waals surface area contributed by atoms with Gasteiger partial charge >= 0.3 is 0 Å². The highest BCUT2D eigenvalue weighted by molar-refractivity contribution is 6.51. The molecule has 1 amide bonds. The average Bonchev–Trinajstić information content (AvgIpc) is 3.09. The number of hydrogen-bond donors (Lipinski definition) is 2. The first-order valence-corrected chi connectivity index (χ1v) is 11.0. The van der Waals surface area contributed by atoms with E-state index in [9.17, 15) is 19.8 Å². The summed E-state index contributed by atoms with van der Waals surface area (Å²) >= 11 is 0. The van der Waals surface area contributed by atoms with Crippen LogP contribution in [0.25, 0.3) is 5.76 Å². The summed E-state index contributed by atoms with van der Waals surface area (Å²) in [7, 11) is 1.58. The van der Waals surface area contributed by atoms with Crippen LogP contribution >= 0.6 is 0 Å². The predicted octanol–water partition coefficient (Wildman–Crippen LogP) is 5.32. The highest BCUT2D eigenvalue weighted by Crippen LogP contribution is 2.45. The minimum absolute atomic E-state index is 0.0375. The fourth-order valence-electron chi connectivity index (χ4n) is 4.30. The Balaban J connectivity index is 1.97. The maximum Gasteiger partial charge on any atom is 0.300 e. The number of hydrogen-bond acceptors (Lipinski definition) is 5. The monoisotopic (exact) mass is 457 g/mol. The zero-order valence-corrected chi connectivity index (χ0v) is 19.6. The van der Waals surface area contributed by atoms with Crippen LogP contribution in [0.3, 0.4) is 0 Å². The van der Waals surface area contributed by atoms with Crippen LogP contribution in [0.15, 0.2) is 78.4 Å². The summed E-state index contributed by atoms with van der Waals surface area (Å²) in [5.74, 6) is -1.38. The van der Waals surface area contributed by atoms with Gasteiger partial charge in [0.1, 0.15) is 17.3 Å². The Kier molecular flexibility index (Phi) is 5.92. The molecule has 0 spiro atoms. The molecule has 0 bridgehead atoms. The Morgan fingerprint density at radius 3 is 2.21 bits per heavy atom. The molecule has 34 heavy (non-hydrogen) atoms. The molecule has 6 nitrogen and oxygen atoms in total. The van der Waals surface area contributed by atoms with E-state index in [1.807, 2.05) is 26.8 Å². The molecule has 6 heteroatoms. The van der Waals surface area contributed by atoms with Crippen molar-refractivity contribution in [2.45, 2.75) is 32.2 Å². The Morgan fingerprint density at radius 1 is 0.941 bits per heavy atom. The second kappa shape index (κ2) is 8.71. The molecule has 0 aromatic heterocycles. The van der Waals surface area contributed by atoms with Crippen molar-refractivity contribution in [3.63, 3.8) is 0 Å². The Morgan fingerprint density at radius 2 is 1.59 bits per heavy atom. The maximum atomic E-state index is 13.3. The molecule has 174 valence electrons. The van der Waals surface area contributed by atoms with Gasteiger partial charge in [0.2, 0.25) is 0 Å². The van der Waals surface area contributed by atoms with E-state index in [4.69, 9.17) is 4.74 Å². The molecule has 1 aliphatic rings. The summed E-state index contributed by atoms with van der Waals surface area (Å²) in [6, 6.07) is 19.6. The van der Waals surface area contributed by atoms with E-state index in [1.54, 1.807) is 67.8 Å². The van der Waals surface area contributed by atoms with Crippen LogP contribution in [0.5, 0.6) is 11.5 Å². The van der Waals surface area contributed by atoms with Crippen molar-refractivity contribution in [1.29, 1.82) is 0 Å². The van der Waals surface area contributed by atoms with Crippen molar-refractivity contribution >= 4 is 23.1 Å². The molecule has 1 atom stereocenters. The van der Waals surface area contributed by atoms with Crippen molar-refractivity contribution in [3.8, 4) is 11.5 Å². The first-order chi connectivity index (χ1) is 16.1. The molecule has 0 radical (unpaired) electrons. The zero-order chi connectivity index (χ0) is 24.6. The number of carbonyl (C=O) groups is 2. The van der Waals surface area contributed by atoms with Crippen LogP contribution in [0.4, 0.5) is 5.69 Å². The van der Waals surface area contributed by atoms with Crippen molar-refractivity contribution < 1.29 is 24.5 Å². The number of benzene rings is 3. The number of amides is 1. The number of phenols is 1. The maximum absolute atomic E-state index is 13.3. The van der Waals surface area contributed by atoms with Gasteiger partial charge in [-0.15, -0.1) is 0 Å². The molecule has 3 aromatic carbocycles. The summed E-state index contributed by atoms with van der Waals surface area (Å²) in [6.45, 7) is 6.07. The predicted molar refractivity (Wildman–Crippen MR) is 131 cm³/mol. The van der Waals surface area contributed by atoms with Crippen LogP contribution in [0.2, 0.25) is 0 Å². The molecule has 3 aromatic rings. The number of ether oxygens (including phenoxy) is 1. The van der Waals surface area contributed by atoms with E-state index in [0.29, 0.717) is 16.9 Å². The lowest BCUT2D eigenvalue weighted by Gasteiger charge is -2.26. The molecule has 0 aliphatic carbocycles. The van der Waals surface area contributed by atoms with Gasteiger partial charge in [0.15, 0.2) is 0 Å². The topological polar surface area (TPSA) is 87.1 Å². The van der Waals surface area contributed by atoms with Gasteiger partial charge in [-0.25, -0.2) is 0 Å². The number of aromatic hydroxyl groups is 1. The fraction of sp³-hybridized carbons (Fsp3) is 0.214. The largest absolute Gasteiger partial charge is 0.507 e. The molecule has 1 fully saturated rings. The number of aliphatic hydroxyl groups is 1. The molecular weight excluding hydrogens is 430 g/mol. The van der Waals surface area contributed by atoms with Crippen LogP contribution in [-0.4, -0.2) is 29.0 Å². The molecule has 1 saturated heterocycles. The second-order valence-electron chi connectivity index (χ2n) is 9.23. The van der Waals surface area contributed by atoms with E-state index >= 15 is 0 Å². The third-order valence-corrected chi connectivity index (χ3v) is 5.98. The van der Waals surface area contributed by atoms with Gasteiger partial charge in [-0.3, -0.25) is 14.5 Å². The number of nitrogens with zero attached hydrogens (tertiary/aromatic N) is 1. The highest BCUT2D eigenvalue weighted by atomic mass is 16.5. The van der Waals surface area contributed by atoms with Crippen molar-refractivity contribution in [2.24, 2.45) is 0 Å². The van der Waals surface area contributed by atoms with Crippen molar-refractivity contribution in [3.05, 3.63) is 95.1 Å². The lowest BCUT2D eigenvalue weighted by Crippen LogP contribution is -2.29. The molecule has 2 N–H and O–H groups in total. The number of anilines is 1. The Labute approximate surface area is 198 Å².